The molecule has 0 radical (unpaired) electrons. The van der Waals surface area contributed by atoms with E-state index in [1.165, 1.54) is 0 Å². The highest BCUT2D eigenvalue weighted by Gasteiger charge is 2.12. The van der Waals surface area contributed by atoms with Gasteiger partial charge in [0.1, 0.15) is 0 Å². The van der Waals surface area contributed by atoms with E-state index in [9.17, 15) is 5.21 Å². The number of imidazole rings is 1. The Bertz CT molecular complexity index is 925. The summed E-state index contributed by atoms with van der Waals surface area (Å²) >= 11 is 1.58. The predicted molar refractivity (Wildman–Crippen MR) is 81.8 cm³/mol. The van der Waals surface area contributed by atoms with Crippen molar-refractivity contribution in [3.05, 3.63) is 59.1 Å². The second-order valence-corrected chi connectivity index (χ2v) is 5.56. The van der Waals surface area contributed by atoms with E-state index in [1.54, 1.807) is 23.5 Å². The number of benzene rings is 2. The van der Waals surface area contributed by atoms with Gasteiger partial charge in [-0.15, -0.1) is 11.3 Å². The van der Waals surface area contributed by atoms with Crippen LogP contribution in [0.1, 0.15) is 0 Å². The molecule has 21 heavy (non-hydrogen) atoms. The lowest BCUT2D eigenvalue weighted by Gasteiger charge is -2.11. The van der Waals surface area contributed by atoms with Crippen LogP contribution >= 0.6 is 11.3 Å². The Labute approximate surface area is 123 Å². The molecule has 4 rings (SSSR count). The highest BCUT2D eigenvalue weighted by atomic mass is 32.1. The molecule has 0 aliphatic rings. The van der Waals surface area contributed by atoms with Gasteiger partial charge < -0.3 is 5.21 Å². The second-order valence-electron chi connectivity index (χ2n) is 4.72. The molecular weight excluding hydrogens is 286 g/mol. The summed E-state index contributed by atoms with van der Waals surface area (Å²) < 4.78 is 2.11. The monoisotopic (exact) mass is 297 g/mol. The molecule has 0 fully saturated rings. The molecule has 0 spiro atoms. The van der Waals surface area contributed by atoms with Crippen LogP contribution in [0.15, 0.2) is 53.9 Å². The van der Waals surface area contributed by atoms with Gasteiger partial charge in [-0.25, -0.2) is 10.2 Å². The number of hydrogen-bond acceptors (Lipinski definition) is 4. The average Bonchev–Trinajstić information content (AvgIpc) is 3.06. The quantitative estimate of drug-likeness (QED) is 0.559. The third kappa shape index (κ3) is 1.93. The summed E-state index contributed by atoms with van der Waals surface area (Å²) in [5.41, 5.74) is 4.33. The van der Waals surface area contributed by atoms with Gasteiger partial charge in [0.2, 0.25) is 0 Å². The lowest BCUT2D eigenvalue weighted by molar-refractivity contribution is -0.991. The van der Waals surface area contributed by atoms with Gasteiger partial charge in [0.05, 0.1) is 16.7 Å². The van der Waals surface area contributed by atoms with Gasteiger partial charge >= 0.3 is 0 Å². The first kappa shape index (κ1) is 12.5. The van der Waals surface area contributed by atoms with E-state index in [0.29, 0.717) is 5.69 Å². The molecule has 0 saturated carbocycles. The Morgan fingerprint density at radius 3 is 2.62 bits per heavy atom. The van der Waals surface area contributed by atoms with E-state index in [0.717, 1.165) is 27.3 Å². The van der Waals surface area contributed by atoms with Gasteiger partial charge in [-0.2, -0.15) is 5.23 Å². The Morgan fingerprint density at radius 1 is 1.10 bits per heavy atom. The Morgan fingerprint density at radius 2 is 1.86 bits per heavy atom. The van der Waals surface area contributed by atoms with Gasteiger partial charge in [0, 0.05) is 17.5 Å². The minimum atomic E-state index is -0.912. The molecule has 5 nitrogen and oxygen atoms in total. The molecule has 1 unspecified atom stereocenters. The number of para-hydroxylation sites is 2. The predicted octanol–water partition coefficient (Wildman–Crippen LogP) is 2.62. The fourth-order valence-corrected chi connectivity index (χ4v) is 3.37. The lowest BCUT2D eigenvalue weighted by atomic mass is 10.1. The molecule has 0 bridgehead atoms. The fourth-order valence-electron chi connectivity index (χ4n) is 2.46. The van der Waals surface area contributed by atoms with Crippen LogP contribution in [0.25, 0.3) is 27.3 Å². The van der Waals surface area contributed by atoms with Crippen molar-refractivity contribution in [1.29, 1.82) is 0 Å². The van der Waals surface area contributed by atoms with Crippen LogP contribution in [0.3, 0.4) is 0 Å². The topological polar surface area (TPSA) is 65.0 Å². The fraction of sp³-hybridized carbons (Fsp3) is 0. The zero-order chi connectivity index (χ0) is 14.4. The van der Waals surface area contributed by atoms with Crippen molar-refractivity contribution < 1.29 is 10.4 Å². The molecule has 6 heteroatoms. The van der Waals surface area contributed by atoms with Crippen LogP contribution in [-0.4, -0.2) is 14.6 Å². The summed E-state index contributed by atoms with van der Waals surface area (Å²) in [7, 11) is 0. The molecular formula is C15H11N3O2S. The first-order valence-electron chi connectivity index (χ1n) is 6.42. The molecule has 104 valence electrons. The van der Waals surface area contributed by atoms with Crippen LogP contribution < -0.4 is 5.23 Å². The number of fused-ring (bicyclic) bond motifs is 3. The van der Waals surface area contributed by atoms with E-state index in [-0.39, 0.29) is 0 Å². The summed E-state index contributed by atoms with van der Waals surface area (Å²) in [6.45, 7) is 0. The first-order chi connectivity index (χ1) is 10.2. The van der Waals surface area contributed by atoms with Crippen LogP contribution in [-0.2, 0) is 0 Å². The van der Waals surface area contributed by atoms with Gasteiger partial charge in [-0.05, 0) is 29.8 Å². The third-order valence-corrected chi connectivity index (χ3v) is 4.30. The molecule has 0 amide bonds. The van der Waals surface area contributed by atoms with Crippen molar-refractivity contribution in [1.82, 2.24) is 9.38 Å². The summed E-state index contributed by atoms with van der Waals surface area (Å²) in [5.74, 6) is 0. The summed E-state index contributed by atoms with van der Waals surface area (Å²) in [6.07, 6.45) is 0. The van der Waals surface area contributed by atoms with Crippen molar-refractivity contribution in [2.45, 2.75) is 0 Å². The van der Waals surface area contributed by atoms with Crippen LogP contribution in [0, 0.1) is 5.21 Å². The van der Waals surface area contributed by atoms with Gasteiger partial charge in [0.15, 0.2) is 10.6 Å². The van der Waals surface area contributed by atoms with E-state index in [1.807, 2.05) is 41.8 Å². The number of hydrogen-bond donors (Lipinski definition) is 2. The number of thiazole rings is 1. The summed E-state index contributed by atoms with van der Waals surface area (Å²) in [6, 6.07) is 14.9. The molecule has 2 aromatic carbocycles. The largest absolute Gasteiger partial charge is 0.595 e. The Kier molecular flexibility index (Phi) is 2.76. The maximum atomic E-state index is 10.9. The van der Waals surface area contributed by atoms with Crippen molar-refractivity contribution in [2.75, 3.05) is 0 Å². The smallest absolute Gasteiger partial charge is 0.195 e. The maximum absolute atomic E-state index is 10.9. The Balaban J connectivity index is 1.93. The molecule has 2 N–H and O–H groups in total. The standard InChI is InChI=1S/C15H11N3O2S/c19-18(20)11-7-5-10(6-8-11)14-9-21-15-16-12-3-1-2-4-13(12)17(14)15/h1-9,18-19H. The minimum absolute atomic E-state index is 0.292. The number of aromatic nitrogens is 2. The summed E-state index contributed by atoms with van der Waals surface area (Å²) in [4.78, 5) is 5.53. The van der Waals surface area contributed by atoms with Crippen molar-refractivity contribution in [3.8, 4) is 11.3 Å². The van der Waals surface area contributed by atoms with E-state index in [4.69, 9.17) is 5.21 Å². The average molecular weight is 297 g/mol. The third-order valence-electron chi connectivity index (χ3n) is 3.47. The minimum Gasteiger partial charge on any atom is -0.595 e. The molecule has 2 aromatic heterocycles. The number of rotatable bonds is 2. The molecule has 0 saturated heterocycles. The summed E-state index contributed by atoms with van der Waals surface area (Å²) in [5, 5.41) is 21.0. The number of quaternary nitrogens is 1. The Hall–Kier alpha value is -2.25. The highest BCUT2D eigenvalue weighted by Crippen LogP contribution is 2.30. The zero-order valence-electron chi connectivity index (χ0n) is 10.9. The highest BCUT2D eigenvalue weighted by molar-refractivity contribution is 7.15. The molecule has 0 aliphatic heterocycles. The maximum Gasteiger partial charge on any atom is 0.195 e. The zero-order valence-corrected chi connectivity index (χ0v) is 11.7. The van der Waals surface area contributed by atoms with Gasteiger partial charge in [-0.1, -0.05) is 12.1 Å². The van der Waals surface area contributed by atoms with Crippen molar-refractivity contribution >= 4 is 33.0 Å². The number of nitrogens with one attached hydrogen (secondary N) is 1. The molecule has 2 heterocycles. The first-order valence-corrected chi connectivity index (χ1v) is 7.30. The number of nitrogens with zero attached hydrogens (tertiary/aromatic N) is 2. The molecule has 1 atom stereocenters. The lowest BCUT2D eigenvalue weighted by Crippen LogP contribution is -2.99. The normalized spacial score (nSPS) is 13.0. The van der Waals surface area contributed by atoms with Gasteiger partial charge in [-0.3, -0.25) is 4.40 Å². The van der Waals surface area contributed by atoms with E-state index >= 15 is 0 Å². The van der Waals surface area contributed by atoms with E-state index < -0.39 is 5.23 Å². The van der Waals surface area contributed by atoms with Crippen molar-refractivity contribution in [3.63, 3.8) is 0 Å². The molecule has 0 aliphatic carbocycles. The van der Waals surface area contributed by atoms with Gasteiger partial charge in [0.25, 0.3) is 0 Å². The van der Waals surface area contributed by atoms with Crippen LogP contribution in [0.4, 0.5) is 5.69 Å². The van der Waals surface area contributed by atoms with Crippen LogP contribution in [0.2, 0.25) is 0 Å². The SMILES string of the molecule is [O-][NH+](O)c1ccc(-c2csc3nc4ccccc4n23)cc1. The second kappa shape index (κ2) is 4.64. The molecule has 4 aromatic rings. The van der Waals surface area contributed by atoms with E-state index in [2.05, 4.69) is 9.38 Å². The van der Waals surface area contributed by atoms with Crippen LogP contribution in [0.5, 0.6) is 0 Å². The van der Waals surface area contributed by atoms with Crippen molar-refractivity contribution in [2.24, 2.45) is 0 Å².